The van der Waals surface area contributed by atoms with Crippen LogP contribution in [0.15, 0.2) is 120 Å². The molecule has 0 unspecified atom stereocenters. The van der Waals surface area contributed by atoms with Crippen molar-refractivity contribution in [1.82, 2.24) is 4.98 Å². The molecule has 0 atom stereocenters. The highest BCUT2D eigenvalue weighted by atomic mass is 32.2. The molecule has 0 amide bonds. The highest BCUT2D eigenvalue weighted by Gasteiger charge is 2.22. The van der Waals surface area contributed by atoms with Gasteiger partial charge < -0.3 is 4.90 Å². The molecule has 5 aromatic rings. The highest BCUT2D eigenvalue weighted by Crippen LogP contribution is 2.46. The molecule has 32 heavy (non-hydrogen) atoms. The average molecular weight is 451 g/mol. The van der Waals surface area contributed by atoms with Gasteiger partial charge in [-0.15, -0.1) is 11.8 Å². The van der Waals surface area contributed by atoms with E-state index in [1.165, 1.54) is 4.90 Å². The summed E-state index contributed by atoms with van der Waals surface area (Å²) in [5.74, 6) is 0. The Hall–Kier alpha value is -3.34. The van der Waals surface area contributed by atoms with Gasteiger partial charge in [-0.05, 0) is 42.7 Å². The van der Waals surface area contributed by atoms with Gasteiger partial charge >= 0.3 is 0 Å². The predicted octanol–water partition coefficient (Wildman–Crippen LogP) is 8.67. The largest absolute Gasteiger partial charge is 0.300 e. The van der Waals surface area contributed by atoms with Gasteiger partial charge in [-0.25, -0.2) is 4.98 Å². The summed E-state index contributed by atoms with van der Waals surface area (Å²) in [6, 6.07) is 40.1. The Balaban J connectivity index is 1.72. The molecule has 0 fully saturated rings. The maximum Gasteiger partial charge on any atom is 0.129 e. The molecule has 0 saturated carbocycles. The third kappa shape index (κ3) is 4.20. The first-order chi connectivity index (χ1) is 15.8. The molecule has 0 aliphatic carbocycles. The van der Waals surface area contributed by atoms with Gasteiger partial charge in [0.15, 0.2) is 0 Å². The lowest BCUT2D eigenvalue weighted by Crippen LogP contribution is -2.09. The normalized spacial score (nSPS) is 10.8. The standard InChI is InChI=1S/C28H22N2S2/c1-31-25-19-17-22(18-20-25)27-29-26(21-11-5-2-6-12-21)28(32-27)30(23-13-7-3-8-14-23)24-15-9-4-10-16-24/h2-20H,1H3. The topological polar surface area (TPSA) is 16.1 Å². The summed E-state index contributed by atoms with van der Waals surface area (Å²) >= 11 is 3.48. The molecule has 0 bridgehead atoms. The lowest BCUT2D eigenvalue weighted by Gasteiger charge is -2.24. The van der Waals surface area contributed by atoms with Crippen molar-refractivity contribution in [2.24, 2.45) is 0 Å². The molecule has 4 heteroatoms. The summed E-state index contributed by atoms with van der Waals surface area (Å²) in [6.07, 6.45) is 2.10. The number of thioether (sulfide) groups is 1. The number of anilines is 3. The van der Waals surface area contributed by atoms with E-state index in [9.17, 15) is 0 Å². The van der Waals surface area contributed by atoms with Gasteiger partial charge in [-0.3, -0.25) is 0 Å². The van der Waals surface area contributed by atoms with E-state index in [2.05, 4.69) is 120 Å². The maximum atomic E-state index is 5.15. The number of hydrogen-bond acceptors (Lipinski definition) is 4. The van der Waals surface area contributed by atoms with Crippen LogP contribution in [-0.4, -0.2) is 11.2 Å². The number of benzene rings is 4. The van der Waals surface area contributed by atoms with Crippen LogP contribution in [0.5, 0.6) is 0 Å². The molecular formula is C28H22N2S2. The Kier molecular flexibility index (Phi) is 6.06. The molecule has 0 N–H and O–H groups in total. The van der Waals surface area contributed by atoms with Crippen molar-refractivity contribution in [3.05, 3.63) is 115 Å². The SMILES string of the molecule is CSc1ccc(-c2nc(-c3ccccc3)c(N(c3ccccc3)c3ccccc3)s2)cc1. The van der Waals surface area contributed by atoms with Gasteiger partial charge in [0.05, 0.1) is 0 Å². The number of thiazole rings is 1. The molecule has 0 saturated heterocycles. The summed E-state index contributed by atoms with van der Waals surface area (Å²) in [5.41, 5.74) is 5.47. The fourth-order valence-electron chi connectivity index (χ4n) is 3.64. The van der Waals surface area contributed by atoms with Gasteiger partial charge in [0.25, 0.3) is 0 Å². The summed E-state index contributed by atoms with van der Waals surface area (Å²) in [7, 11) is 0. The Morgan fingerprint density at radius 3 is 1.69 bits per heavy atom. The van der Waals surface area contributed by atoms with Crippen molar-refractivity contribution in [3.63, 3.8) is 0 Å². The minimum absolute atomic E-state index is 0.993. The first-order valence-corrected chi connectivity index (χ1v) is 12.5. The van der Waals surface area contributed by atoms with Crippen LogP contribution in [0, 0.1) is 0 Å². The molecule has 0 radical (unpaired) electrons. The number of para-hydroxylation sites is 2. The zero-order valence-electron chi connectivity index (χ0n) is 17.7. The third-order valence-electron chi connectivity index (χ3n) is 5.23. The van der Waals surface area contributed by atoms with Gasteiger partial charge in [0.2, 0.25) is 0 Å². The van der Waals surface area contributed by atoms with Crippen molar-refractivity contribution < 1.29 is 0 Å². The van der Waals surface area contributed by atoms with E-state index in [-0.39, 0.29) is 0 Å². The van der Waals surface area contributed by atoms with E-state index in [1.807, 2.05) is 6.07 Å². The summed E-state index contributed by atoms with van der Waals surface area (Å²) in [5, 5.41) is 2.13. The second kappa shape index (κ2) is 9.43. The van der Waals surface area contributed by atoms with E-state index < -0.39 is 0 Å². The fourth-order valence-corrected chi connectivity index (χ4v) is 5.19. The molecule has 156 valence electrons. The molecule has 1 heterocycles. The van der Waals surface area contributed by atoms with Crippen molar-refractivity contribution in [3.8, 4) is 21.8 Å². The third-order valence-corrected chi connectivity index (χ3v) is 7.06. The van der Waals surface area contributed by atoms with E-state index in [0.717, 1.165) is 38.2 Å². The fraction of sp³-hybridized carbons (Fsp3) is 0.0357. The van der Waals surface area contributed by atoms with Crippen LogP contribution >= 0.6 is 23.1 Å². The first kappa shape index (κ1) is 20.6. The highest BCUT2D eigenvalue weighted by molar-refractivity contribution is 7.98. The van der Waals surface area contributed by atoms with Crippen LogP contribution in [0.25, 0.3) is 21.8 Å². The van der Waals surface area contributed by atoms with Gasteiger partial charge in [-0.1, -0.05) is 90.2 Å². The Labute approximate surface area is 197 Å². The van der Waals surface area contributed by atoms with Crippen LogP contribution < -0.4 is 4.90 Å². The number of nitrogens with zero attached hydrogens (tertiary/aromatic N) is 2. The zero-order valence-corrected chi connectivity index (χ0v) is 19.3. The maximum absolute atomic E-state index is 5.15. The Morgan fingerprint density at radius 1 is 0.625 bits per heavy atom. The molecule has 0 spiro atoms. The Morgan fingerprint density at radius 2 is 1.16 bits per heavy atom. The summed E-state index contributed by atoms with van der Waals surface area (Å²) in [6.45, 7) is 0. The van der Waals surface area contributed by atoms with E-state index >= 15 is 0 Å². The molecule has 5 rings (SSSR count). The number of aromatic nitrogens is 1. The van der Waals surface area contributed by atoms with E-state index in [4.69, 9.17) is 4.98 Å². The minimum Gasteiger partial charge on any atom is -0.300 e. The second-order valence-electron chi connectivity index (χ2n) is 7.27. The number of hydrogen-bond donors (Lipinski definition) is 0. The van der Waals surface area contributed by atoms with Crippen molar-refractivity contribution in [2.45, 2.75) is 4.90 Å². The summed E-state index contributed by atoms with van der Waals surface area (Å²) < 4.78 is 0. The minimum atomic E-state index is 0.993. The zero-order chi connectivity index (χ0) is 21.8. The van der Waals surface area contributed by atoms with Gasteiger partial charge in [0.1, 0.15) is 15.7 Å². The van der Waals surface area contributed by atoms with Crippen molar-refractivity contribution in [2.75, 3.05) is 11.2 Å². The first-order valence-electron chi connectivity index (χ1n) is 10.4. The monoisotopic (exact) mass is 450 g/mol. The van der Waals surface area contributed by atoms with Gasteiger partial charge in [-0.2, -0.15) is 0 Å². The number of rotatable bonds is 6. The lowest BCUT2D eigenvalue weighted by atomic mass is 10.1. The lowest BCUT2D eigenvalue weighted by molar-refractivity contribution is 1.29. The smallest absolute Gasteiger partial charge is 0.129 e. The predicted molar refractivity (Wildman–Crippen MR) is 139 cm³/mol. The Bertz CT molecular complexity index is 1240. The summed E-state index contributed by atoms with van der Waals surface area (Å²) in [4.78, 5) is 8.71. The molecule has 0 aliphatic heterocycles. The molecular weight excluding hydrogens is 428 g/mol. The van der Waals surface area contributed by atoms with Crippen molar-refractivity contribution in [1.29, 1.82) is 0 Å². The van der Waals surface area contributed by atoms with Crippen LogP contribution in [-0.2, 0) is 0 Å². The average Bonchev–Trinajstić information content (AvgIpc) is 3.31. The van der Waals surface area contributed by atoms with E-state index in [0.29, 0.717) is 0 Å². The van der Waals surface area contributed by atoms with Crippen LogP contribution in [0.4, 0.5) is 16.4 Å². The second-order valence-corrected chi connectivity index (χ2v) is 9.13. The molecule has 1 aromatic heterocycles. The van der Waals surface area contributed by atoms with E-state index in [1.54, 1.807) is 23.1 Å². The molecule has 0 aliphatic rings. The molecule has 4 aromatic carbocycles. The van der Waals surface area contributed by atoms with Crippen molar-refractivity contribution >= 4 is 39.5 Å². The van der Waals surface area contributed by atoms with Crippen LogP contribution in [0.3, 0.4) is 0 Å². The molecule has 2 nitrogen and oxygen atoms in total. The van der Waals surface area contributed by atoms with Crippen LogP contribution in [0.1, 0.15) is 0 Å². The van der Waals surface area contributed by atoms with Crippen LogP contribution in [0.2, 0.25) is 0 Å². The van der Waals surface area contributed by atoms with Gasteiger partial charge in [0, 0.05) is 27.4 Å². The quantitative estimate of drug-likeness (QED) is 0.241.